The summed E-state index contributed by atoms with van der Waals surface area (Å²) < 4.78 is 0. The maximum atomic E-state index is 11.0. The summed E-state index contributed by atoms with van der Waals surface area (Å²) >= 11 is 0. The zero-order valence-corrected chi connectivity index (χ0v) is 10.8. The third-order valence-corrected chi connectivity index (χ3v) is 3.29. The maximum absolute atomic E-state index is 11.0. The molecule has 0 aliphatic rings. The Morgan fingerprint density at radius 2 is 2.06 bits per heavy atom. The van der Waals surface area contributed by atoms with Gasteiger partial charge < -0.3 is 5.32 Å². The number of pyridine rings is 1. The van der Waals surface area contributed by atoms with Crippen LogP contribution in [0, 0.1) is 17.0 Å². The molecule has 0 saturated heterocycles. The van der Waals surface area contributed by atoms with E-state index in [1.807, 2.05) is 6.92 Å². The van der Waals surface area contributed by atoms with Gasteiger partial charge in [-0.25, -0.2) is 4.98 Å². The highest BCUT2D eigenvalue weighted by atomic mass is 16.6. The molecule has 5 nitrogen and oxygen atoms in total. The van der Waals surface area contributed by atoms with Crippen LogP contribution in [0.3, 0.4) is 0 Å². The lowest BCUT2D eigenvalue weighted by atomic mass is 9.95. The molecule has 1 aromatic heterocycles. The van der Waals surface area contributed by atoms with Crippen LogP contribution in [0.4, 0.5) is 11.5 Å². The minimum atomic E-state index is -0.379. The Morgan fingerprint density at radius 3 is 2.53 bits per heavy atom. The standard InChI is InChI=1S/C12H19N3O2/c1-5-12(4,6-2)14-11-10(15(16)17)9(3)7-8-13-11/h7-8H,5-6H2,1-4H3,(H,13,14). The van der Waals surface area contributed by atoms with E-state index in [9.17, 15) is 10.1 Å². The van der Waals surface area contributed by atoms with Gasteiger partial charge in [0.2, 0.25) is 5.82 Å². The first-order valence-corrected chi connectivity index (χ1v) is 5.81. The fourth-order valence-corrected chi connectivity index (χ4v) is 1.59. The summed E-state index contributed by atoms with van der Waals surface area (Å²) in [6, 6.07) is 1.65. The molecule has 1 heterocycles. The zero-order valence-electron chi connectivity index (χ0n) is 10.8. The first kappa shape index (κ1) is 13.4. The van der Waals surface area contributed by atoms with Gasteiger partial charge in [-0.05, 0) is 32.8 Å². The van der Waals surface area contributed by atoms with Gasteiger partial charge in [0.15, 0.2) is 0 Å². The van der Waals surface area contributed by atoms with E-state index in [-0.39, 0.29) is 16.1 Å². The summed E-state index contributed by atoms with van der Waals surface area (Å²) in [5, 5.41) is 14.2. The summed E-state index contributed by atoms with van der Waals surface area (Å²) in [4.78, 5) is 14.7. The van der Waals surface area contributed by atoms with Crippen molar-refractivity contribution in [2.45, 2.75) is 46.1 Å². The molecule has 0 spiro atoms. The van der Waals surface area contributed by atoms with Crippen LogP contribution in [0.1, 0.15) is 39.2 Å². The van der Waals surface area contributed by atoms with Gasteiger partial charge in [-0.3, -0.25) is 10.1 Å². The Kier molecular flexibility index (Phi) is 4.04. The molecule has 0 aromatic carbocycles. The zero-order chi connectivity index (χ0) is 13.1. The van der Waals surface area contributed by atoms with E-state index in [0.717, 1.165) is 12.8 Å². The summed E-state index contributed by atoms with van der Waals surface area (Å²) in [6.45, 7) is 7.87. The molecule has 1 aromatic rings. The van der Waals surface area contributed by atoms with Gasteiger partial charge in [-0.15, -0.1) is 0 Å². The Bertz CT molecular complexity index is 414. The Morgan fingerprint density at radius 1 is 1.47 bits per heavy atom. The van der Waals surface area contributed by atoms with Crippen molar-refractivity contribution in [2.24, 2.45) is 0 Å². The number of aryl methyl sites for hydroxylation is 1. The van der Waals surface area contributed by atoms with Gasteiger partial charge in [0, 0.05) is 17.3 Å². The van der Waals surface area contributed by atoms with Gasteiger partial charge in [0.25, 0.3) is 0 Å². The first-order valence-electron chi connectivity index (χ1n) is 5.81. The fourth-order valence-electron chi connectivity index (χ4n) is 1.59. The number of hydrogen-bond acceptors (Lipinski definition) is 4. The maximum Gasteiger partial charge on any atom is 0.314 e. The lowest BCUT2D eigenvalue weighted by Crippen LogP contribution is -2.33. The average Bonchev–Trinajstić information content (AvgIpc) is 2.28. The monoisotopic (exact) mass is 237 g/mol. The van der Waals surface area contributed by atoms with Gasteiger partial charge in [-0.2, -0.15) is 0 Å². The number of nitrogens with one attached hydrogen (secondary N) is 1. The molecule has 0 amide bonds. The van der Waals surface area contributed by atoms with Crippen LogP contribution in [-0.2, 0) is 0 Å². The first-order chi connectivity index (χ1) is 7.93. The summed E-state index contributed by atoms with van der Waals surface area (Å²) in [5.41, 5.74) is 0.536. The van der Waals surface area contributed by atoms with Crippen LogP contribution >= 0.6 is 0 Å². The van der Waals surface area contributed by atoms with E-state index >= 15 is 0 Å². The van der Waals surface area contributed by atoms with E-state index in [1.165, 1.54) is 0 Å². The molecule has 0 atom stereocenters. The van der Waals surface area contributed by atoms with E-state index in [4.69, 9.17) is 0 Å². The fraction of sp³-hybridized carbons (Fsp3) is 0.583. The number of hydrogen-bond donors (Lipinski definition) is 1. The van der Waals surface area contributed by atoms with Crippen molar-refractivity contribution < 1.29 is 4.92 Å². The van der Waals surface area contributed by atoms with E-state index in [0.29, 0.717) is 11.4 Å². The molecule has 0 aliphatic heterocycles. The number of rotatable bonds is 5. The molecular formula is C12H19N3O2. The Labute approximate surface area is 101 Å². The molecule has 94 valence electrons. The third-order valence-electron chi connectivity index (χ3n) is 3.29. The van der Waals surface area contributed by atoms with E-state index in [1.54, 1.807) is 19.2 Å². The van der Waals surface area contributed by atoms with Crippen molar-refractivity contribution in [2.75, 3.05) is 5.32 Å². The Balaban J connectivity index is 3.15. The van der Waals surface area contributed by atoms with Crippen LogP contribution in [0.2, 0.25) is 0 Å². The number of anilines is 1. The highest BCUT2D eigenvalue weighted by Crippen LogP contribution is 2.29. The van der Waals surface area contributed by atoms with Crippen LogP contribution in [-0.4, -0.2) is 15.4 Å². The molecule has 17 heavy (non-hydrogen) atoms. The van der Waals surface area contributed by atoms with Gasteiger partial charge in [0.05, 0.1) is 4.92 Å². The van der Waals surface area contributed by atoms with Gasteiger partial charge in [-0.1, -0.05) is 13.8 Å². The second-order valence-electron chi connectivity index (χ2n) is 4.47. The topological polar surface area (TPSA) is 68.1 Å². The smallest absolute Gasteiger partial charge is 0.314 e. The molecule has 0 saturated carbocycles. The van der Waals surface area contributed by atoms with Crippen molar-refractivity contribution in [3.05, 3.63) is 27.9 Å². The van der Waals surface area contributed by atoms with Crippen molar-refractivity contribution >= 4 is 11.5 Å². The number of nitrogens with zero attached hydrogens (tertiary/aromatic N) is 2. The van der Waals surface area contributed by atoms with Crippen LogP contribution in [0.25, 0.3) is 0 Å². The predicted molar refractivity (Wildman–Crippen MR) is 68.2 cm³/mol. The van der Waals surface area contributed by atoms with Crippen molar-refractivity contribution in [3.63, 3.8) is 0 Å². The quantitative estimate of drug-likeness (QED) is 0.630. The lowest BCUT2D eigenvalue weighted by molar-refractivity contribution is -0.384. The highest BCUT2D eigenvalue weighted by molar-refractivity contribution is 5.60. The van der Waals surface area contributed by atoms with Crippen molar-refractivity contribution in [1.82, 2.24) is 4.98 Å². The van der Waals surface area contributed by atoms with Gasteiger partial charge in [0.1, 0.15) is 0 Å². The Hall–Kier alpha value is -1.65. The second-order valence-corrected chi connectivity index (χ2v) is 4.47. The van der Waals surface area contributed by atoms with Crippen LogP contribution in [0.15, 0.2) is 12.3 Å². The molecule has 1 rings (SSSR count). The summed E-state index contributed by atoms with van der Waals surface area (Å²) in [7, 11) is 0. The van der Waals surface area contributed by atoms with Crippen molar-refractivity contribution in [3.8, 4) is 0 Å². The van der Waals surface area contributed by atoms with E-state index in [2.05, 4.69) is 24.1 Å². The molecular weight excluding hydrogens is 218 g/mol. The number of nitro groups is 1. The molecule has 0 fully saturated rings. The molecule has 0 radical (unpaired) electrons. The molecule has 0 aliphatic carbocycles. The van der Waals surface area contributed by atoms with E-state index < -0.39 is 0 Å². The van der Waals surface area contributed by atoms with Crippen molar-refractivity contribution in [1.29, 1.82) is 0 Å². The molecule has 1 N–H and O–H groups in total. The highest BCUT2D eigenvalue weighted by Gasteiger charge is 2.25. The summed E-state index contributed by atoms with van der Waals surface area (Å²) in [6.07, 6.45) is 3.36. The largest absolute Gasteiger partial charge is 0.359 e. The predicted octanol–water partition coefficient (Wildman–Crippen LogP) is 3.29. The minimum Gasteiger partial charge on any atom is -0.359 e. The third kappa shape index (κ3) is 2.93. The SMILES string of the molecule is CCC(C)(CC)Nc1nccc(C)c1[N+](=O)[O-]. The van der Waals surface area contributed by atoms with Crippen LogP contribution in [0.5, 0.6) is 0 Å². The molecule has 0 bridgehead atoms. The normalized spacial score (nSPS) is 11.3. The second kappa shape index (κ2) is 5.12. The minimum absolute atomic E-state index is 0.0700. The number of aromatic nitrogens is 1. The molecule has 0 unspecified atom stereocenters. The van der Waals surface area contributed by atoms with Crippen LogP contribution < -0.4 is 5.32 Å². The average molecular weight is 237 g/mol. The van der Waals surface area contributed by atoms with Gasteiger partial charge >= 0.3 is 5.69 Å². The molecule has 5 heteroatoms. The summed E-state index contributed by atoms with van der Waals surface area (Å²) in [5.74, 6) is 0.362. The lowest BCUT2D eigenvalue weighted by Gasteiger charge is -2.28.